The number of nitrogen functional groups attached to an aromatic ring is 4. The van der Waals surface area contributed by atoms with E-state index in [2.05, 4.69) is 146 Å². The first-order valence-electron chi connectivity index (χ1n) is 18.0. The molecule has 0 aliphatic rings. The van der Waals surface area contributed by atoms with Crippen LogP contribution in [-0.4, -0.2) is 0 Å². The molecule has 8 N–H and O–H groups in total. The predicted octanol–water partition coefficient (Wildman–Crippen LogP) is 11.7. The zero-order valence-corrected chi connectivity index (χ0v) is 29.8. The third kappa shape index (κ3) is 6.72. The summed E-state index contributed by atoms with van der Waals surface area (Å²) in [4.78, 5) is 0. The Morgan fingerprint density at radius 3 is 0.648 bits per heavy atom. The molecule has 0 aliphatic carbocycles. The van der Waals surface area contributed by atoms with Gasteiger partial charge in [0.2, 0.25) is 0 Å². The third-order valence-corrected chi connectivity index (χ3v) is 9.84. The van der Waals surface area contributed by atoms with Gasteiger partial charge in [-0.25, -0.2) is 0 Å². The van der Waals surface area contributed by atoms with Gasteiger partial charge in [-0.1, -0.05) is 146 Å². The van der Waals surface area contributed by atoms with E-state index in [-0.39, 0.29) is 0 Å². The molecule has 0 atom stereocenters. The summed E-state index contributed by atoms with van der Waals surface area (Å²) in [5.74, 6) is 0. The van der Waals surface area contributed by atoms with Crippen LogP contribution < -0.4 is 22.9 Å². The fourth-order valence-corrected chi connectivity index (χ4v) is 7.38. The van der Waals surface area contributed by atoms with Gasteiger partial charge in [-0.2, -0.15) is 0 Å². The summed E-state index contributed by atoms with van der Waals surface area (Å²) < 4.78 is 0. The maximum absolute atomic E-state index is 6.78. The first-order valence-corrected chi connectivity index (χ1v) is 18.0. The zero-order chi connectivity index (χ0) is 37.0. The van der Waals surface area contributed by atoms with Crippen LogP contribution in [0.1, 0.15) is 22.3 Å². The lowest BCUT2D eigenvalue weighted by atomic mass is 9.77. The first-order chi connectivity index (χ1) is 26.4. The monoisotopic (exact) mass is 696 g/mol. The lowest BCUT2D eigenvalue weighted by molar-refractivity contribution is 1.47. The SMILES string of the molecule is Nc1ccc(-c2ccccc2)c(C(=C(c2cc(N)ccc2-c2ccccc2)c2cc(N)ccc2-c2ccccc2)c2cc(N)ccc2-c2ccccc2)c1. The van der Waals surface area contributed by atoms with Crippen molar-refractivity contribution in [3.05, 3.63) is 216 Å². The Morgan fingerprint density at radius 2 is 0.444 bits per heavy atom. The normalized spacial score (nSPS) is 10.9. The van der Waals surface area contributed by atoms with Crippen molar-refractivity contribution in [2.45, 2.75) is 0 Å². The van der Waals surface area contributed by atoms with Gasteiger partial charge in [0.25, 0.3) is 0 Å². The van der Waals surface area contributed by atoms with Gasteiger partial charge in [0, 0.05) is 22.7 Å². The average molecular weight is 697 g/mol. The van der Waals surface area contributed by atoms with Gasteiger partial charge in [-0.15, -0.1) is 0 Å². The molecule has 0 aliphatic heterocycles. The molecule has 0 heterocycles. The van der Waals surface area contributed by atoms with E-state index in [9.17, 15) is 0 Å². The summed E-state index contributed by atoms with van der Waals surface area (Å²) in [7, 11) is 0. The molecule has 4 heteroatoms. The summed E-state index contributed by atoms with van der Waals surface area (Å²) >= 11 is 0. The Labute approximate surface area is 316 Å². The van der Waals surface area contributed by atoms with Crippen molar-refractivity contribution in [1.29, 1.82) is 0 Å². The molecule has 0 saturated carbocycles. The Bertz CT molecular complexity index is 2250. The number of hydrogen-bond acceptors (Lipinski definition) is 4. The van der Waals surface area contributed by atoms with Gasteiger partial charge in [-0.05, 0) is 126 Å². The topological polar surface area (TPSA) is 104 Å². The van der Waals surface area contributed by atoms with Crippen molar-refractivity contribution in [2.75, 3.05) is 22.9 Å². The largest absolute Gasteiger partial charge is 0.399 e. The first kappa shape index (κ1) is 33.8. The summed E-state index contributed by atoms with van der Waals surface area (Å²) in [6, 6.07) is 66.3. The molecule has 260 valence electrons. The van der Waals surface area contributed by atoms with Gasteiger partial charge in [-0.3, -0.25) is 0 Å². The van der Waals surface area contributed by atoms with Gasteiger partial charge in [0.05, 0.1) is 0 Å². The number of anilines is 4. The van der Waals surface area contributed by atoms with E-state index in [0.717, 1.165) is 77.9 Å². The Balaban J connectivity index is 1.65. The van der Waals surface area contributed by atoms with E-state index < -0.39 is 0 Å². The van der Waals surface area contributed by atoms with Crippen LogP contribution in [-0.2, 0) is 0 Å². The van der Waals surface area contributed by atoms with Gasteiger partial charge >= 0.3 is 0 Å². The molecule has 0 unspecified atom stereocenters. The summed E-state index contributed by atoms with van der Waals surface area (Å²) in [5.41, 5.74) is 43.7. The lowest BCUT2D eigenvalue weighted by Crippen LogP contribution is -2.06. The number of nitrogens with two attached hydrogens (primary N) is 4. The van der Waals surface area contributed by atoms with Crippen LogP contribution in [0.3, 0.4) is 0 Å². The van der Waals surface area contributed by atoms with Crippen LogP contribution in [0.2, 0.25) is 0 Å². The van der Waals surface area contributed by atoms with E-state index in [1.807, 2.05) is 48.5 Å². The quantitative estimate of drug-likeness (QED) is 0.0937. The maximum atomic E-state index is 6.78. The minimum absolute atomic E-state index is 0.637. The van der Waals surface area contributed by atoms with Crippen LogP contribution in [0.15, 0.2) is 194 Å². The van der Waals surface area contributed by atoms with Crippen molar-refractivity contribution in [2.24, 2.45) is 0 Å². The fraction of sp³-hybridized carbons (Fsp3) is 0. The Morgan fingerprint density at radius 1 is 0.241 bits per heavy atom. The molecule has 0 aromatic heterocycles. The molecular weight excluding hydrogens is 657 g/mol. The molecular formula is C50H40N4. The highest BCUT2D eigenvalue weighted by Crippen LogP contribution is 2.49. The number of benzene rings is 8. The van der Waals surface area contributed by atoms with Gasteiger partial charge < -0.3 is 22.9 Å². The molecule has 8 aromatic rings. The van der Waals surface area contributed by atoms with Crippen LogP contribution in [0.5, 0.6) is 0 Å². The van der Waals surface area contributed by atoms with Crippen molar-refractivity contribution in [3.63, 3.8) is 0 Å². The van der Waals surface area contributed by atoms with Crippen LogP contribution in [0, 0.1) is 0 Å². The second kappa shape index (κ2) is 14.7. The van der Waals surface area contributed by atoms with Gasteiger partial charge in [0.1, 0.15) is 0 Å². The number of rotatable bonds is 8. The third-order valence-electron chi connectivity index (χ3n) is 9.84. The van der Waals surface area contributed by atoms with Gasteiger partial charge in [0.15, 0.2) is 0 Å². The summed E-state index contributed by atoms with van der Waals surface area (Å²) in [6.07, 6.45) is 0. The summed E-state index contributed by atoms with van der Waals surface area (Å²) in [5, 5.41) is 0. The van der Waals surface area contributed by atoms with Crippen molar-refractivity contribution < 1.29 is 0 Å². The fourth-order valence-electron chi connectivity index (χ4n) is 7.38. The molecule has 4 nitrogen and oxygen atoms in total. The van der Waals surface area contributed by atoms with E-state index in [1.54, 1.807) is 0 Å². The van der Waals surface area contributed by atoms with E-state index >= 15 is 0 Å². The van der Waals surface area contributed by atoms with Crippen LogP contribution >= 0.6 is 0 Å². The molecule has 0 fully saturated rings. The minimum Gasteiger partial charge on any atom is -0.399 e. The highest BCUT2D eigenvalue weighted by atomic mass is 14.6. The smallest absolute Gasteiger partial charge is 0.0320 e. The summed E-state index contributed by atoms with van der Waals surface area (Å²) in [6.45, 7) is 0. The molecule has 8 aromatic carbocycles. The highest BCUT2D eigenvalue weighted by molar-refractivity contribution is 6.14. The molecule has 0 amide bonds. The Hall–Kier alpha value is -7.30. The molecule has 0 spiro atoms. The molecule has 0 saturated heterocycles. The highest BCUT2D eigenvalue weighted by Gasteiger charge is 2.26. The number of hydrogen-bond donors (Lipinski definition) is 4. The van der Waals surface area contributed by atoms with Crippen LogP contribution in [0.4, 0.5) is 22.7 Å². The standard InChI is InChI=1S/C50H40N4/c51-37-21-25-41(33-13-5-1-6-14-33)45(29-37)49(46-30-38(52)22-26-42(46)34-15-7-2-8-16-34)50(47-31-39(53)23-27-43(47)35-17-9-3-10-18-35)48-32-40(54)24-28-44(48)36-19-11-4-12-20-36/h1-32H,51-54H2. The predicted molar refractivity (Wildman–Crippen MR) is 230 cm³/mol. The molecule has 0 bridgehead atoms. The van der Waals surface area contributed by atoms with Crippen molar-refractivity contribution in [3.8, 4) is 44.5 Å². The Kier molecular flexibility index (Phi) is 9.23. The van der Waals surface area contributed by atoms with Crippen molar-refractivity contribution >= 4 is 33.9 Å². The van der Waals surface area contributed by atoms with E-state index in [1.165, 1.54) is 0 Å². The second-order valence-corrected chi connectivity index (χ2v) is 13.4. The second-order valence-electron chi connectivity index (χ2n) is 13.4. The maximum Gasteiger partial charge on any atom is 0.0320 e. The van der Waals surface area contributed by atoms with Crippen LogP contribution in [0.25, 0.3) is 55.7 Å². The van der Waals surface area contributed by atoms with Crippen molar-refractivity contribution in [1.82, 2.24) is 0 Å². The van der Waals surface area contributed by atoms with E-state index in [0.29, 0.717) is 22.7 Å². The molecule has 8 rings (SSSR count). The lowest BCUT2D eigenvalue weighted by Gasteiger charge is -2.26. The molecule has 54 heavy (non-hydrogen) atoms. The average Bonchev–Trinajstić information content (AvgIpc) is 3.21. The van der Waals surface area contributed by atoms with E-state index in [4.69, 9.17) is 22.9 Å². The minimum atomic E-state index is 0.637. The zero-order valence-electron chi connectivity index (χ0n) is 29.8. The molecule has 0 radical (unpaired) electrons.